The summed E-state index contributed by atoms with van der Waals surface area (Å²) in [5.41, 5.74) is 2.74. The number of halogens is 1. The van der Waals surface area contributed by atoms with Gasteiger partial charge in [0.05, 0.1) is 10.9 Å². The number of nitrogens with zero attached hydrogens (tertiary/aromatic N) is 4. The van der Waals surface area contributed by atoms with Crippen LogP contribution in [0.3, 0.4) is 0 Å². The number of carbonyl (C=O) groups is 1. The largest absolute Gasteiger partial charge is 0.325 e. The third kappa shape index (κ3) is 4.48. The van der Waals surface area contributed by atoms with E-state index >= 15 is 0 Å². The van der Waals surface area contributed by atoms with Gasteiger partial charge in [0.2, 0.25) is 5.91 Å². The van der Waals surface area contributed by atoms with Crippen LogP contribution in [0.4, 0.5) is 5.69 Å². The molecule has 5 rings (SSSR count). The second-order valence-electron chi connectivity index (χ2n) is 8.31. The molecule has 34 heavy (non-hydrogen) atoms. The number of carbonyl (C=O) groups excluding carboxylic acids is 1. The quantitative estimate of drug-likeness (QED) is 0.311. The first-order chi connectivity index (χ1) is 16.5. The highest BCUT2D eigenvalue weighted by atomic mass is 35.5. The maximum Gasteiger partial charge on any atom is 0.284 e. The number of benzene rings is 2. The molecule has 1 N–H and O–H groups in total. The molecule has 1 atom stereocenters. The average molecular weight is 494 g/mol. The smallest absolute Gasteiger partial charge is 0.284 e. The summed E-state index contributed by atoms with van der Waals surface area (Å²) in [7, 11) is 0. The van der Waals surface area contributed by atoms with Gasteiger partial charge in [-0.2, -0.15) is 4.68 Å². The van der Waals surface area contributed by atoms with E-state index in [9.17, 15) is 9.59 Å². The van der Waals surface area contributed by atoms with Crippen molar-refractivity contribution in [3.8, 4) is 17.1 Å². The van der Waals surface area contributed by atoms with Crippen molar-refractivity contribution < 1.29 is 4.79 Å². The number of fused-ring (bicyclic) bond motifs is 3. The van der Waals surface area contributed by atoms with Crippen LogP contribution in [0.25, 0.3) is 17.1 Å². The van der Waals surface area contributed by atoms with Crippen LogP contribution in [0.5, 0.6) is 0 Å². The minimum atomic E-state index is -0.410. The monoisotopic (exact) mass is 493 g/mol. The van der Waals surface area contributed by atoms with E-state index in [0.29, 0.717) is 32.9 Å². The van der Waals surface area contributed by atoms with Crippen LogP contribution in [0.1, 0.15) is 31.9 Å². The van der Waals surface area contributed by atoms with Gasteiger partial charge in [-0.3, -0.25) is 9.59 Å². The fourth-order valence-corrected chi connectivity index (χ4v) is 5.35. The Kier molecular flexibility index (Phi) is 6.43. The van der Waals surface area contributed by atoms with E-state index in [1.807, 2.05) is 37.3 Å². The van der Waals surface area contributed by atoms with E-state index in [4.69, 9.17) is 16.6 Å². The van der Waals surface area contributed by atoms with E-state index in [0.717, 1.165) is 37.9 Å². The Labute approximate surface area is 206 Å². The van der Waals surface area contributed by atoms with Gasteiger partial charge in [-0.05, 0) is 56.5 Å². The van der Waals surface area contributed by atoms with Crippen LogP contribution in [0, 0.1) is 0 Å². The highest BCUT2D eigenvalue weighted by molar-refractivity contribution is 8.00. The van der Waals surface area contributed by atoms with Crippen LogP contribution in [-0.2, 0) is 17.8 Å². The predicted octanol–water partition coefficient (Wildman–Crippen LogP) is 5.03. The van der Waals surface area contributed by atoms with Crippen LogP contribution in [0.15, 0.2) is 64.5 Å². The Morgan fingerprint density at radius 1 is 1.12 bits per heavy atom. The Bertz CT molecular complexity index is 1370. The zero-order valence-corrected chi connectivity index (χ0v) is 20.3. The highest BCUT2D eigenvalue weighted by Gasteiger charge is 2.28. The summed E-state index contributed by atoms with van der Waals surface area (Å²) in [6, 6.07) is 16.5. The Morgan fingerprint density at radius 3 is 2.74 bits per heavy atom. The molecule has 3 aliphatic heterocycles. The van der Waals surface area contributed by atoms with Crippen molar-refractivity contribution in [1.29, 1.82) is 0 Å². The third-order valence-electron chi connectivity index (χ3n) is 5.91. The Balaban J connectivity index is 1.52. The molecule has 3 heterocycles. The van der Waals surface area contributed by atoms with Crippen molar-refractivity contribution in [2.75, 3.05) is 5.32 Å². The lowest BCUT2D eigenvalue weighted by Crippen LogP contribution is -2.24. The number of hydrogen-bond donors (Lipinski definition) is 1. The number of rotatable bonds is 5. The Hall–Kier alpha value is -3.10. The van der Waals surface area contributed by atoms with Crippen molar-refractivity contribution in [2.24, 2.45) is 0 Å². The van der Waals surface area contributed by atoms with Gasteiger partial charge in [0.1, 0.15) is 5.56 Å². The molecule has 0 saturated heterocycles. The molecule has 0 fully saturated rings. The first kappa shape index (κ1) is 22.7. The molecule has 0 aliphatic carbocycles. The van der Waals surface area contributed by atoms with Crippen LogP contribution in [-0.4, -0.2) is 30.5 Å². The van der Waals surface area contributed by atoms with Gasteiger partial charge >= 0.3 is 0 Å². The third-order valence-corrected chi connectivity index (χ3v) is 7.24. The molecule has 7 nitrogen and oxygen atoms in total. The fourth-order valence-electron chi connectivity index (χ4n) is 4.21. The molecule has 0 bridgehead atoms. The molecule has 174 valence electrons. The normalized spacial score (nSPS) is 14.4. The van der Waals surface area contributed by atoms with Gasteiger partial charge < -0.3 is 9.88 Å². The maximum absolute atomic E-state index is 13.4. The summed E-state index contributed by atoms with van der Waals surface area (Å²) in [6.45, 7) is 2.61. The van der Waals surface area contributed by atoms with Crippen molar-refractivity contribution in [2.45, 2.75) is 49.6 Å². The molecular weight excluding hydrogens is 470 g/mol. The molecule has 2 aromatic carbocycles. The van der Waals surface area contributed by atoms with E-state index in [2.05, 4.69) is 15.0 Å². The molecule has 1 amide bonds. The van der Waals surface area contributed by atoms with Gasteiger partial charge in [-0.25, -0.2) is 4.98 Å². The summed E-state index contributed by atoms with van der Waals surface area (Å²) < 4.78 is 3.54. The lowest BCUT2D eigenvalue weighted by molar-refractivity contribution is -0.115. The SMILES string of the molecule is C[C@H](Sc1nc2nn(-c3ccccc3)c(=O)c-2c2n1CCCCC2)C(=O)Nc1cccc(Cl)c1. The fraction of sp³-hybridized carbons (Fsp3) is 0.280. The van der Waals surface area contributed by atoms with Gasteiger partial charge in [0, 0.05) is 22.9 Å². The molecule has 0 radical (unpaired) electrons. The molecule has 2 aromatic rings. The van der Waals surface area contributed by atoms with Crippen molar-refractivity contribution in [1.82, 2.24) is 19.3 Å². The topological polar surface area (TPSA) is 81.8 Å². The second kappa shape index (κ2) is 9.64. The second-order valence-corrected chi connectivity index (χ2v) is 10.1. The predicted molar refractivity (Wildman–Crippen MR) is 135 cm³/mol. The minimum Gasteiger partial charge on any atom is -0.325 e. The number of thioether (sulfide) groups is 1. The minimum absolute atomic E-state index is 0.142. The molecule has 0 unspecified atom stereocenters. The highest BCUT2D eigenvalue weighted by Crippen LogP contribution is 2.32. The number of para-hydroxylation sites is 1. The number of nitrogens with one attached hydrogen (secondary N) is 1. The van der Waals surface area contributed by atoms with Crippen molar-refractivity contribution >= 4 is 35.0 Å². The molecule has 0 aromatic heterocycles. The van der Waals surface area contributed by atoms with Crippen molar-refractivity contribution in [3.63, 3.8) is 0 Å². The summed E-state index contributed by atoms with van der Waals surface area (Å²) in [5.74, 6) is 0.281. The first-order valence-corrected chi connectivity index (χ1v) is 12.6. The lowest BCUT2D eigenvalue weighted by atomic mass is 10.1. The van der Waals surface area contributed by atoms with E-state index in [1.165, 1.54) is 16.4 Å². The first-order valence-electron chi connectivity index (χ1n) is 11.3. The molecule has 0 spiro atoms. The van der Waals surface area contributed by atoms with Crippen LogP contribution < -0.4 is 10.9 Å². The number of amides is 1. The summed E-state index contributed by atoms with van der Waals surface area (Å²) in [4.78, 5) is 31.0. The summed E-state index contributed by atoms with van der Waals surface area (Å²) in [5, 5.41) is 8.34. The Morgan fingerprint density at radius 2 is 1.94 bits per heavy atom. The zero-order valence-electron chi connectivity index (χ0n) is 18.7. The molecule has 0 saturated carbocycles. The van der Waals surface area contributed by atoms with Crippen LogP contribution >= 0.6 is 23.4 Å². The number of aromatic nitrogens is 4. The number of anilines is 1. The summed E-state index contributed by atoms with van der Waals surface area (Å²) in [6.07, 6.45) is 3.87. The van der Waals surface area contributed by atoms with E-state index < -0.39 is 5.25 Å². The lowest BCUT2D eigenvalue weighted by Gasteiger charge is -2.19. The number of hydrogen-bond acceptors (Lipinski definition) is 5. The standard InChI is InChI=1S/C25H24ClN5O2S/c1-16(23(32)27-18-10-8-9-17(26)15-18)34-25-28-22-21(20-13-6-3-7-14-30(20)25)24(33)31(29-22)19-11-4-2-5-12-19/h2,4-5,8-12,15-16H,3,6-7,13-14H2,1H3,(H,27,32)/t16-/m0/s1. The molecule has 9 heteroatoms. The molecule has 3 aliphatic rings. The zero-order chi connectivity index (χ0) is 23.7. The van der Waals surface area contributed by atoms with Gasteiger partial charge in [0.15, 0.2) is 11.0 Å². The molecular formula is C25H24ClN5O2S. The van der Waals surface area contributed by atoms with Crippen LogP contribution in [0.2, 0.25) is 5.02 Å². The average Bonchev–Trinajstić information content (AvgIpc) is 2.99. The van der Waals surface area contributed by atoms with E-state index in [-0.39, 0.29) is 11.5 Å². The summed E-state index contributed by atoms with van der Waals surface area (Å²) >= 11 is 7.42. The van der Waals surface area contributed by atoms with Gasteiger partial charge in [0.25, 0.3) is 5.56 Å². The maximum atomic E-state index is 13.4. The van der Waals surface area contributed by atoms with Crippen molar-refractivity contribution in [3.05, 3.63) is 75.7 Å². The van der Waals surface area contributed by atoms with Gasteiger partial charge in [-0.15, -0.1) is 5.10 Å². The van der Waals surface area contributed by atoms with Gasteiger partial charge in [-0.1, -0.05) is 54.0 Å². The van der Waals surface area contributed by atoms with E-state index in [1.54, 1.807) is 24.3 Å².